The van der Waals surface area contributed by atoms with E-state index in [2.05, 4.69) is 199 Å². The smallest absolute Gasteiger partial charge is 0.423 e. The molecule has 2 aromatic carbocycles. The average Bonchev–Trinajstić information content (AvgIpc) is 1.66. The number of fused-ring (bicyclic) bond motifs is 11. The number of hydrogen-bond acceptors (Lipinski definition) is 16. The highest BCUT2D eigenvalue weighted by Crippen LogP contribution is 2.49. The lowest BCUT2D eigenvalue weighted by Gasteiger charge is -2.40. The molecule has 0 amide bonds. The van der Waals surface area contributed by atoms with Crippen LogP contribution in [0.5, 0.6) is 0 Å². The van der Waals surface area contributed by atoms with Crippen molar-refractivity contribution < 1.29 is 17.8 Å². The van der Waals surface area contributed by atoms with Crippen LogP contribution in [0, 0.1) is 20.8 Å². The van der Waals surface area contributed by atoms with Gasteiger partial charge in [-0.05, 0) is 148 Å². The fraction of sp³-hybridized carbons (Fsp3) is 0.215. The molecular weight excluding hydrogens is 1070 g/mol. The van der Waals surface area contributed by atoms with Crippen molar-refractivity contribution in [1.29, 1.82) is 0 Å². The number of aromatic nitrogens is 8. The SMILES string of the molecule is CC1=Cc2c(oc3nc(C)ccc23)N(C)B1N1c2cccnc2N(c2ccccc2)[C@@H]1C.CC1=Cc2c(oc3nc(C)ccc23)N(C)B1N1c2nccnc2N(c2ccccc2)[C@@H]1C.CC1=Cc2c(oc3nc(C)ccc23)N(C)B1[n+]1cccn1C. The molecule has 0 fully saturated rings. The first-order valence-corrected chi connectivity index (χ1v) is 29.1. The molecule has 5 aliphatic heterocycles. The Morgan fingerprint density at radius 2 is 0.884 bits per heavy atom. The molecule has 426 valence electrons. The van der Waals surface area contributed by atoms with E-state index in [9.17, 15) is 0 Å². The van der Waals surface area contributed by atoms with Crippen LogP contribution in [0.4, 0.5) is 52.2 Å². The summed E-state index contributed by atoms with van der Waals surface area (Å²) >= 11 is 0. The highest BCUT2D eigenvalue weighted by molar-refractivity contribution is 6.76. The van der Waals surface area contributed by atoms with Gasteiger partial charge in [-0.1, -0.05) is 59.5 Å². The third kappa shape index (κ3) is 8.68. The van der Waals surface area contributed by atoms with Gasteiger partial charge in [0.25, 0.3) is 0 Å². The second kappa shape index (κ2) is 20.9. The lowest BCUT2D eigenvalue weighted by molar-refractivity contribution is -0.629. The molecule has 0 saturated carbocycles. The van der Waals surface area contributed by atoms with E-state index >= 15 is 0 Å². The number of para-hydroxylation sites is 2. The van der Waals surface area contributed by atoms with Crippen molar-refractivity contribution in [2.24, 2.45) is 7.05 Å². The van der Waals surface area contributed by atoms with Crippen molar-refractivity contribution in [2.45, 2.75) is 67.7 Å². The zero-order valence-electron chi connectivity index (χ0n) is 50.4. The molecule has 0 saturated heterocycles. The van der Waals surface area contributed by atoms with Crippen LogP contribution in [-0.4, -0.2) is 89.0 Å². The highest BCUT2D eigenvalue weighted by atomic mass is 16.4. The lowest BCUT2D eigenvalue weighted by atomic mass is 9.61. The van der Waals surface area contributed by atoms with E-state index in [1.54, 1.807) is 12.4 Å². The Labute approximate surface area is 501 Å². The summed E-state index contributed by atoms with van der Waals surface area (Å²) in [6.45, 7) is 16.9. The number of rotatable bonds is 5. The summed E-state index contributed by atoms with van der Waals surface area (Å²) in [4.78, 5) is 43.8. The van der Waals surface area contributed by atoms with E-state index in [4.69, 9.17) is 28.2 Å². The van der Waals surface area contributed by atoms with E-state index < -0.39 is 0 Å². The van der Waals surface area contributed by atoms with Crippen LogP contribution >= 0.6 is 0 Å². The van der Waals surface area contributed by atoms with Crippen LogP contribution in [0.3, 0.4) is 0 Å². The van der Waals surface area contributed by atoms with E-state index in [1.165, 1.54) is 16.4 Å². The van der Waals surface area contributed by atoms with Gasteiger partial charge in [0, 0.05) is 98.5 Å². The summed E-state index contributed by atoms with van der Waals surface area (Å²) in [7, 11) is 8.28. The van der Waals surface area contributed by atoms with Crippen LogP contribution in [0.1, 0.15) is 68.4 Å². The van der Waals surface area contributed by atoms with Gasteiger partial charge >= 0.3 is 20.9 Å². The molecule has 11 aromatic rings. The van der Waals surface area contributed by atoms with E-state index in [-0.39, 0.29) is 33.3 Å². The van der Waals surface area contributed by atoms with Crippen molar-refractivity contribution >= 4 is 125 Å². The predicted octanol–water partition coefficient (Wildman–Crippen LogP) is 12.4. The predicted molar refractivity (Wildman–Crippen MR) is 348 cm³/mol. The van der Waals surface area contributed by atoms with Gasteiger partial charge in [-0.25, -0.2) is 29.9 Å². The maximum Gasteiger partial charge on any atom is 0.674 e. The second-order valence-corrected chi connectivity index (χ2v) is 23.0. The van der Waals surface area contributed by atoms with Crippen molar-refractivity contribution in [3.8, 4) is 0 Å². The average molecular weight is 1140 g/mol. The van der Waals surface area contributed by atoms with Crippen LogP contribution < -0.4 is 38.4 Å². The van der Waals surface area contributed by atoms with Gasteiger partial charge in [0.2, 0.25) is 17.1 Å². The van der Waals surface area contributed by atoms with Gasteiger partial charge in [0.1, 0.15) is 0 Å². The maximum absolute atomic E-state index is 6.27. The minimum absolute atomic E-state index is 0.00387. The first kappa shape index (κ1) is 53.9. The molecule has 2 atom stereocenters. The normalized spacial score (nSPS) is 16.8. The molecule has 5 aliphatic rings. The van der Waals surface area contributed by atoms with Gasteiger partial charge in [-0.2, -0.15) is 9.27 Å². The summed E-state index contributed by atoms with van der Waals surface area (Å²) in [6, 6.07) is 39.4. The molecular formula is C65H65B3N15O3+. The fourth-order valence-corrected chi connectivity index (χ4v) is 13.4. The quantitative estimate of drug-likeness (QED) is 0.150. The topological polar surface area (TPSA) is 148 Å². The zero-order valence-corrected chi connectivity index (χ0v) is 50.4. The lowest BCUT2D eigenvalue weighted by Crippen LogP contribution is -2.66. The number of aryl methyl sites for hydroxylation is 4. The first-order valence-electron chi connectivity index (χ1n) is 29.1. The number of nitrogens with zero attached hydrogens (tertiary/aromatic N) is 15. The van der Waals surface area contributed by atoms with Crippen molar-refractivity contribution in [3.63, 3.8) is 0 Å². The number of furan rings is 3. The third-order valence-corrected chi connectivity index (χ3v) is 17.2. The highest BCUT2D eigenvalue weighted by Gasteiger charge is 2.50. The number of allylic oxidation sites excluding steroid dienone is 3. The molecule has 86 heavy (non-hydrogen) atoms. The molecule has 18 nitrogen and oxygen atoms in total. The van der Waals surface area contributed by atoms with Gasteiger partial charge < -0.3 is 47.1 Å². The molecule has 0 spiro atoms. The van der Waals surface area contributed by atoms with Gasteiger partial charge in [-0.3, -0.25) is 0 Å². The summed E-state index contributed by atoms with van der Waals surface area (Å²) in [5.74, 6) is 5.24. The zero-order chi connectivity index (χ0) is 59.4. The van der Waals surface area contributed by atoms with Crippen LogP contribution in [0.25, 0.3) is 51.5 Å². The minimum atomic E-state index is -0.0664. The van der Waals surface area contributed by atoms with Gasteiger partial charge in [0.15, 0.2) is 41.3 Å². The molecule has 21 heteroatoms. The molecule has 0 N–H and O–H groups in total. The van der Waals surface area contributed by atoms with E-state index in [0.717, 1.165) is 102 Å². The number of anilines is 9. The number of benzene rings is 2. The van der Waals surface area contributed by atoms with Gasteiger partial charge in [-0.15, -0.1) is 0 Å². The van der Waals surface area contributed by atoms with Crippen molar-refractivity contribution in [3.05, 3.63) is 196 Å². The van der Waals surface area contributed by atoms with Crippen LogP contribution in [-0.2, 0) is 7.05 Å². The van der Waals surface area contributed by atoms with Crippen LogP contribution in [0.15, 0.2) is 176 Å². The number of pyridine rings is 4. The minimum Gasteiger partial charge on any atom is -0.423 e. The molecule has 0 unspecified atom stereocenters. The van der Waals surface area contributed by atoms with E-state index in [1.807, 2.05) is 94.8 Å². The fourth-order valence-electron chi connectivity index (χ4n) is 13.4. The van der Waals surface area contributed by atoms with Crippen molar-refractivity contribution in [2.75, 3.05) is 55.0 Å². The Balaban J connectivity index is 0.000000116. The monoisotopic (exact) mass is 1140 g/mol. The summed E-state index contributed by atoms with van der Waals surface area (Å²) in [5.41, 5.74) is 15.3. The molecule has 16 rings (SSSR count). The molecule has 14 heterocycles. The number of hydrogen-bond donors (Lipinski definition) is 0. The Kier molecular flexibility index (Phi) is 13.1. The largest absolute Gasteiger partial charge is 0.674 e. The standard InChI is InChI=1S/C25H24BN5O.C24H23BN6O.C16H18BN4O/c1-16-15-21-20-13-12-17(2)28-24(20)32-25(21)29(4)26(16)31-18(3)30(19-9-6-5-7-10-19)23-22(31)11-8-14-27-23;1-15-14-20-19-11-10-16(2)28-23(19)32-24(20)29(4)25(15)31-17(3)30(18-8-6-5-7-9-18)21-22(31)27-13-12-26-21;1-11-10-14-13-7-6-12(2)18-15(13)22-16(14)20(4)17(11)21-9-5-8-19(21)3/h5-15,18H,1-4H3;5-14,17H,1-4H3;5-10H,1-4H3/q;;+1/t18-;17-;/m00./s1. The van der Waals surface area contributed by atoms with Crippen LogP contribution in [0.2, 0.25) is 0 Å². The summed E-state index contributed by atoms with van der Waals surface area (Å²) < 4.78 is 22.8. The Morgan fingerprint density at radius 3 is 1.38 bits per heavy atom. The van der Waals surface area contributed by atoms with E-state index in [0.29, 0.717) is 17.1 Å². The van der Waals surface area contributed by atoms with Gasteiger partial charge in [0.05, 0.1) is 31.3 Å². The summed E-state index contributed by atoms with van der Waals surface area (Å²) in [5, 5.41) is 3.16. The molecule has 0 radical (unpaired) electrons. The second-order valence-electron chi connectivity index (χ2n) is 23.0. The Morgan fingerprint density at radius 1 is 0.442 bits per heavy atom. The maximum atomic E-state index is 6.27. The Bertz CT molecular complexity index is 4330. The summed E-state index contributed by atoms with van der Waals surface area (Å²) in [6.07, 6.45) is 16.3. The Hall–Kier alpha value is -10.0. The molecule has 9 aromatic heterocycles. The molecule has 0 bridgehead atoms. The first-order chi connectivity index (χ1) is 41.6. The van der Waals surface area contributed by atoms with Crippen molar-refractivity contribution in [1.82, 2.24) is 34.6 Å². The molecule has 0 aliphatic carbocycles. The third-order valence-electron chi connectivity index (χ3n) is 17.2.